The van der Waals surface area contributed by atoms with Crippen LogP contribution >= 0.6 is 22.4 Å². The highest BCUT2D eigenvalue weighted by Crippen LogP contribution is 2.26. The van der Waals surface area contributed by atoms with Gasteiger partial charge in [-0.05, 0) is 35.5 Å². The Balaban J connectivity index is 2.29. The largest absolute Gasteiger partial charge is 0.290 e. The molecule has 1 fully saturated rings. The highest BCUT2D eigenvalue weighted by atomic mass is 35.7. The van der Waals surface area contributed by atoms with E-state index in [2.05, 4.69) is 5.32 Å². The highest BCUT2D eigenvalue weighted by Gasteiger charge is 2.24. The molecular formula is C10H6ClNO4S2. The third-order valence-corrected chi connectivity index (χ3v) is 4.28. The van der Waals surface area contributed by atoms with Crippen LogP contribution in [0.2, 0.25) is 0 Å². The van der Waals surface area contributed by atoms with Gasteiger partial charge in [-0.25, -0.2) is 8.42 Å². The number of hydrogen-bond donors (Lipinski definition) is 1. The van der Waals surface area contributed by atoms with E-state index in [0.717, 1.165) is 11.8 Å². The van der Waals surface area contributed by atoms with Crippen LogP contribution in [0.15, 0.2) is 34.1 Å². The second-order valence-corrected chi connectivity index (χ2v) is 6.94. The summed E-state index contributed by atoms with van der Waals surface area (Å²) < 4.78 is 22.0. The second kappa shape index (κ2) is 4.75. The molecule has 0 aromatic heterocycles. The van der Waals surface area contributed by atoms with Gasteiger partial charge in [-0.15, -0.1) is 0 Å². The Labute approximate surface area is 112 Å². The Bertz CT molecular complexity index is 649. The molecule has 2 amide bonds. The third-order valence-electron chi connectivity index (χ3n) is 2.10. The van der Waals surface area contributed by atoms with Gasteiger partial charge < -0.3 is 0 Å². The van der Waals surface area contributed by atoms with Crippen LogP contribution in [0.5, 0.6) is 0 Å². The molecule has 1 aromatic carbocycles. The van der Waals surface area contributed by atoms with Gasteiger partial charge in [0.15, 0.2) is 0 Å². The molecule has 0 unspecified atom stereocenters. The molecule has 1 aliphatic heterocycles. The molecule has 0 aliphatic carbocycles. The number of hydrogen-bond acceptors (Lipinski definition) is 5. The molecule has 0 spiro atoms. The number of halogens is 1. The molecule has 1 N–H and O–H groups in total. The van der Waals surface area contributed by atoms with E-state index in [0.29, 0.717) is 5.56 Å². The zero-order valence-corrected chi connectivity index (χ0v) is 11.1. The van der Waals surface area contributed by atoms with Gasteiger partial charge in [-0.2, -0.15) is 0 Å². The zero-order chi connectivity index (χ0) is 13.3. The average Bonchev–Trinajstić information content (AvgIpc) is 2.57. The van der Waals surface area contributed by atoms with Crippen LogP contribution in [0.25, 0.3) is 6.08 Å². The minimum Gasteiger partial charge on any atom is -0.282 e. The predicted octanol–water partition coefficient (Wildman–Crippen LogP) is 1.94. The molecule has 8 heteroatoms. The standard InChI is InChI=1S/C10H6ClNO4S2/c11-18(15,16)7-3-1-6(2-4-7)5-8-9(13)12-10(14)17-8/h1-5H,(H,12,13,14)/b8-5+. The van der Waals surface area contributed by atoms with E-state index < -0.39 is 20.2 Å². The van der Waals surface area contributed by atoms with Crippen molar-refractivity contribution >= 4 is 48.7 Å². The van der Waals surface area contributed by atoms with Crippen LogP contribution in [-0.2, 0) is 13.8 Å². The van der Waals surface area contributed by atoms with E-state index in [4.69, 9.17) is 10.7 Å². The van der Waals surface area contributed by atoms with Gasteiger partial charge in [0.25, 0.3) is 20.2 Å². The Morgan fingerprint density at radius 2 is 1.78 bits per heavy atom. The molecular weight excluding hydrogens is 298 g/mol. The third kappa shape index (κ3) is 2.92. The number of amides is 2. The molecule has 94 valence electrons. The molecule has 5 nitrogen and oxygen atoms in total. The SMILES string of the molecule is O=C1NC(=O)/C(=C\c2ccc(S(=O)(=O)Cl)cc2)S1. The Morgan fingerprint density at radius 3 is 2.22 bits per heavy atom. The topological polar surface area (TPSA) is 80.3 Å². The molecule has 1 saturated heterocycles. The summed E-state index contributed by atoms with van der Waals surface area (Å²) in [6, 6.07) is 5.65. The smallest absolute Gasteiger partial charge is 0.282 e. The molecule has 0 bridgehead atoms. The first kappa shape index (κ1) is 13.1. The van der Waals surface area contributed by atoms with Crippen LogP contribution in [0.3, 0.4) is 0 Å². The van der Waals surface area contributed by atoms with Gasteiger partial charge in [-0.3, -0.25) is 14.9 Å². The van der Waals surface area contributed by atoms with E-state index in [9.17, 15) is 18.0 Å². The molecule has 1 aromatic rings. The maximum absolute atomic E-state index is 11.3. The number of thioether (sulfide) groups is 1. The lowest BCUT2D eigenvalue weighted by Gasteiger charge is -1.97. The zero-order valence-electron chi connectivity index (χ0n) is 8.71. The first-order valence-corrected chi connectivity index (χ1v) is 7.78. The average molecular weight is 304 g/mol. The monoisotopic (exact) mass is 303 g/mol. The summed E-state index contributed by atoms with van der Waals surface area (Å²) in [7, 11) is 1.41. The number of carbonyl (C=O) groups excluding carboxylic acids is 2. The summed E-state index contributed by atoms with van der Waals surface area (Å²) in [6.45, 7) is 0. The molecule has 2 rings (SSSR count). The van der Waals surface area contributed by atoms with Crippen LogP contribution < -0.4 is 5.32 Å². The normalized spacial score (nSPS) is 18.2. The van der Waals surface area contributed by atoms with Gasteiger partial charge in [0, 0.05) is 10.7 Å². The van der Waals surface area contributed by atoms with Crippen molar-refractivity contribution in [2.75, 3.05) is 0 Å². The van der Waals surface area contributed by atoms with Crippen molar-refractivity contribution in [1.29, 1.82) is 0 Å². The molecule has 0 atom stereocenters. The van der Waals surface area contributed by atoms with Crippen molar-refractivity contribution in [3.63, 3.8) is 0 Å². The molecule has 1 aliphatic rings. The van der Waals surface area contributed by atoms with Crippen molar-refractivity contribution in [2.45, 2.75) is 4.90 Å². The number of benzene rings is 1. The minimum absolute atomic E-state index is 0.0223. The molecule has 18 heavy (non-hydrogen) atoms. The number of imide groups is 1. The maximum atomic E-state index is 11.3. The number of rotatable bonds is 2. The first-order chi connectivity index (χ1) is 8.36. The summed E-state index contributed by atoms with van der Waals surface area (Å²) in [5.41, 5.74) is 0.603. The lowest BCUT2D eigenvalue weighted by molar-refractivity contribution is -0.115. The van der Waals surface area contributed by atoms with Gasteiger partial charge in [0.05, 0.1) is 9.80 Å². The maximum Gasteiger partial charge on any atom is 0.290 e. The van der Waals surface area contributed by atoms with E-state index in [1.54, 1.807) is 0 Å². The molecule has 0 saturated carbocycles. The summed E-state index contributed by atoms with van der Waals surface area (Å²) >= 11 is 0.795. The van der Waals surface area contributed by atoms with Gasteiger partial charge in [0.1, 0.15) is 0 Å². The van der Waals surface area contributed by atoms with Crippen LogP contribution in [0.1, 0.15) is 5.56 Å². The summed E-state index contributed by atoms with van der Waals surface area (Å²) in [6.07, 6.45) is 1.50. The molecule has 0 radical (unpaired) electrons. The lowest BCUT2D eigenvalue weighted by Crippen LogP contribution is -2.17. The summed E-state index contributed by atoms with van der Waals surface area (Å²) in [4.78, 5) is 22.5. The van der Waals surface area contributed by atoms with Crippen molar-refractivity contribution in [2.24, 2.45) is 0 Å². The van der Waals surface area contributed by atoms with Crippen LogP contribution in [0.4, 0.5) is 4.79 Å². The predicted molar refractivity (Wildman–Crippen MR) is 68.6 cm³/mol. The van der Waals surface area contributed by atoms with Gasteiger partial charge in [-0.1, -0.05) is 12.1 Å². The van der Waals surface area contributed by atoms with Gasteiger partial charge in [0.2, 0.25) is 0 Å². The van der Waals surface area contributed by atoms with Crippen LogP contribution in [0, 0.1) is 0 Å². The fraction of sp³-hybridized carbons (Fsp3) is 0. The number of nitrogens with one attached hydrogen (secondary N) is 1. The summed E-state index contributed by atoms with van der Waals surface area (Å²) in [5, 5.41) is 1.70. The molecule has 1 heterocycles. The van der Waals surface area contributed by atoms with E-state index in [1.807, 2.05) is 0 Å². The Kier molecular flexibility index (Phi) is 3.47. The highest BCUT2D eigenvalue weighted by molar-refractivity contribution is 8.18. The quantitative estimate of drug-likeness (QED) is 0.667. The van der Waals surface area contributed by atoms with E-state index in [1.165, 1.54) is 30.3 Å². The van der Waals surface area contributed by atoms with E-state index >= 15 is 0 Å². The first-order valence-electron chi connectivity index (χ1n) is 4.66. The van der Waals surface area contributed by atoms with Crippen molar-refractivity contribution in [1.82, 2.24) is 5.32 Å². The Morgan fingerprint density at radius 1 is 1.17 bits per heavy atom. The Hall–Kier alpha value is -1.31. The second-order valence-electron chi connectivity index (χ2n) is 3.36. The number of carbonyl (C=O) groups is 2. The van der Waals surface area contributed by atoms with Crippen LogP contribution in [-0.4, -0.2) is 19.6 Å². The van der Waals surface area contributed by atoms with Crippen molar-refractivity contribution < 1.29 is 18.0 Å². The van der Waals surface area contributed by atoms with Crippen molar-refractivity contribution in [3.8, 4) is 0 Å². The van der Waals surface area contributed by atoms with Crippen molar-refractivity contribution in [3.05, 3.63) is 34.7 Å². The van der Waals surface area contributed by atoms with Gasteiger partial charge >= 0.3 is 0 Å². The fourth-order valence-corrected chi connectivity index (χ4v) is 2.75. The van der Waals surface area contributed by atoms with E-state index in [-0.39, 0.29) is 9.80 Å². The fourth-order valence-electron chi connectivity index (χ4n) is 1.30. The lowest BCUT2D eigenvalue weighted by atomic mass is 10.2. The minimum atomic E-state index is -3.75. The summed E-state index contributed by atoms with van der Waals surface area (Å²) in [5.74, 6) is -0.459.